The molecule has 124 valence electrons. The number of hydrogen-bond acceptors (Lipinski definition) is 7. The molecule has 0 amide bonds. The minimum atomic E-state index is 0.460. The molecule has 0 saturated heterocycles. The van der Waals surface area contributed by atoms with Crippen molar-refractivity contribution in [1.29, 1.82) is 0 Å². The van der Waals surface area contributed by atoms with Crippen LogP contribution in [0.25, 0.3) is 0 Å². The van der Waals surface area contributed by atoms with E-state index in [1.807, 2.05) is 13.8 Å². The summed E-state index contributed by atoms with van der Waals surface area (Å²) in [6.45, 7) is 5.11. The molecule has 0 aliphatic rings. The number of benzene rings is 1. The predicted molar refractivity (Wildman–Crippen MR) is 96.2 cm³/mol. The van der Waals surface area contributed by atoms with E-state index in [2.05, 4.69) is 15.5 Å². The third kappa shape index (κ3) is 5.01. The molecule has 0 fully saturated rings. The summed E-state index contributed by atoms with van der Waals surface area (Å²) in [6, 6.07) is 3.54. The summed E-state index contributed by atoms with van der Waals surface area (Å²) < 4.78 is 11.3. The maximum atomic E-state index is 6.28. The van der Waals surface area contributed by atoms with E-state index in [0.29, 0.717) is 40.7 Å². The number of rotatable bonds is 8. The third-order valence-electron chi connectivity index (χ3n) is 2.71. The molecular weight excluding hydrogens is 336 g/mol. The highest BCUT2D eigenvalue weighted by Crippen LogP contribution is 2.33. The number of nitrogens with one attached hydrogen (secondary N) is 1. The van der Waals surface area contributed by atoms with Crippen LogP contribution in [-0.4, -0.2) is 24.4 Å². The van der Waals surface area contributed by atoms with E-state index in [1.165, 1.54) is 11.3 Å². The van der Waals surface area contributed by atoms with Crippen LogP contribution in [0.4, 0.5) is 10.9 Å². The van der Waals surface area contributed by atoms with Crippen LogP contribution >= 0.6 is 22.9 Å². The molecule has 0 aliphatic carbocycles. The standard InChI is InChI=1S/C15H19ClN4O2S/c1-3-5-22-13-7-11(16)10(6-12(13)21-4-2)8-18-20-15-19-14(17)9-23-15/h6-9H,3-5,17H2,1-2H3,(H,19,20). The van der Waals surface area contributed by atoms with E-state index in [-0.39, 0.29) is 0 Å². The average molecular weight is 355 g/mol. The highest BCUT2D eigenvalue weighted by Gasteiger charge is 2.10. The Morgan fingerprint density at radius 1 is 1.35 bits per heavy atom. The number of nitrogen functional groups attached to an aromatic ring is 1. The minimum absolute atomic E-state index is 0.460. The SMILES string of the molecule is CCCOc1cc(Cl)c(C=NNc2nc(N)cs2)cc1OCC. The second-order valence-electron chi connectivity index (χ2n) is 4.55. The van der Waals surface area contributed by atoms with Crippen LogP contribution < -0.4 is 20.6 Å². The quantitative estimate of drug-likeness (QED) is 0.552. The predicted octanol–water partition coefficient (Wildman–Crippen LogP) is 4.01. The number of anilines is 2. The first-order chi connectivity index (χ1) is 11.1. The fraction of sp³-hybridized carbons (Fsp3) is 0.333. The molecule has 2 rings (SSSR count). The van der Waals surface area contributed by atoms with Gasteiger partial charge in [-0.15, -0.1) is 11.3 Å². The Bertz CT molecular complexity index is 675. The van der Waals surface area contributed by atoms with Gasteiger partial charge in [-0.1, -0.05) is 18.5 Å². The van der Waals surface area contributed by atoms with Gasteiger partial charge in [-0.3, -0.25) is 5.43 Å². The molecule has 2 aromatic rings. The van der Waals surface area contributed by atoms with Gasteiger partial charge >= 0.3 is 0 Å². The number of hydrogen-bond donors (Lipinski definition) is 2. The zero-order valence-corrected chi connectivity index (χ0v) is 14.6. The lowest BCUT2D eigenvalue weighted by molar-refractivity contribution is 0.277. The number of hydrazone groups is 1. The number of aromatic nitrogens is 1. The summed E-state index contributed by atoms with van der Waals surface area (Å²) in [5.41, 5.74) is 9.08. The van der Waals surface area contributed by atoms with Gasteiger partial charge in [-0.2, -0.15) is 5.10 Å². The number of nitrogens with zero attached hydrogens (tertiary/aromatic N) is 2. The molecule has 0 radical (unpaired) electrons. The summed E-state index contributed by atoms with van der Waals surface area (Å²) in [5.74, 6) is 1.74. The zero-order valence-electron chi connectivity index (χ0n) is 13.0. The fourth-order valence-corrected chi connectivity index (χ4v) is 2.49. The Labute approximate surface area is 144 Å². The molecule has 0 saturated carbocycles. The lowest BCUT2D eigenvalue weighted by atomic mass is 10.2. The van der Waals surface area contributed by atoms with E-state index in [9.17, 15) is 0 Å². The van der Waals surface area contributed by atoms with Crippen molar-refractivity contribution in [1.82, 2.24) is 4.98 Å². The van der Waals surface area contributed by atoms with Crippen molar-refractivity contribution in [3.8, 4) is 11.5 Å². The first-order valence-corrected chi connectivity index (χ1v) is 8.49. The summed E-state index contributed by atoms with van der Waals surface area (Å²) in [4.78, 5) is 4.05. The van der Waals surface area contributed by atoms with E-state index in [4.69, 9.17) is 26.8 Å². The van der Waals surface area contributed by atoms with E-state index < -0.39 is 0 Å². The largest absolute Gasteiger partial charge is 0.490 e. The summed E-state index contributed by atoms with van der Waals surface area (Å²) >= 11 is 7.65. The van der Waals surface area contributed by atoms with Gasteiger partial charge in [-0.25, -0.2) is 4.98 Å². The van der Waals surface area contributed by atoms with Crippen molar-refractivity contribution in [2.45, 2.75) is 20.3 Å². The van der Waals surface area contributed by atoms with Crippen LogP contribution in [0, 0.1) is 0 Å². The Morgan fingerprint density at radius 3 is 2.78 bits per heavy atom. The molecule has 0 unspecified atom stereocenters. The van der Waals surface area contributed by atoms with Gasteiger partial charge in [0.2, 0.25) is 5.13 Å². The second-order valence-corrected chi connectivity index (χ2v) is 5.81. The first-order valence-electron chi connectivity index (χ1n) is 7.23. The molecule has 1 aromatic carbocycles. The molecular formula is C15H19ClN4O2S. The van der Waals surface area contributed by atoms with Gasteiger partial charge in [0.1, 0.15) is 5.82 Å². The number of thiazole rings is 1. The highest BCUT2D eigenvalue weighted by molar-refractivity contribution is 7.14. The van der Waals surface area contributed by atoms with Crippen molar-refractivity contribution >= 4 is 40.1 Å². The van der Waals surface area contributed by atoms with E-state index in [1.54, 1.807) is 23.7 Å². The van der Waals surface area contributed by atoms with Gasteiger partial charge in [0.25, 0.3) is 0 Å². The molecule has 1 aromatic heterocycles. The smallest absolute Gasteiger partial charge is 0.205 e. The normalized spacial score (nSPS) is 10.9. The lowest BCUT2D eigenvalue weighted by Gasteiger charge is -2.13. The zero-order chi connectivity index (χ0) is 16.7. The maximum Gasteiger partial charge on any atom is 0.205 e. The van der Waals surface area contributed by atoms with Crippen molar-refractivity contribution in [2.24, 2.45) is 5.10 Å². The van der Waals surface area contributed by atoms with Crippen molar-refractivity contribution in [3.05, 3.63) is 28.1 Å². The Hall–Kier alpha value is -1.99. The topological polar surface area (TPSA) is 81.8 Å². The third-order valence-corrected chi connectivity index (χ3v) is 3.80. The van der Waals surface area contributed by atoms with Crippen LogP contribution in [0.2, 0.25) is 5.02 Å². The maximum absolute atomic E-state index is 6.28. The van der Waals surface area contributed by atoms with Crippen molar-refractivity contribution in [2.75, 3.05) is 24.4 Å². The van der Waals surface area contributed by atoms with Gasteiger partial charge in [0.05, 0.1) is 24.5 Å². The number of halogens is 1. The molecule has 3 N–H and O–H groups in total. The van der Waals surface area contributed by atoms with Gasteiger partial charge in [-0.05, 0) is 19.4 Å². The Balaban J connectivity index is 2.15. The summed E-state index contributed by atoms with van der Waals surface area (Å²) in [6.07, 6.45) is 2.51. The Kier molecular flexibility index (Phi) is 6.49. The molecule has 0 spiro atoms. The van der Waals surface area contributed by atoms with Crippen molar-refractivity contribution in [3.63, 3.8) is 0 Å². The van der Waals surface area contributed by atoms with E-state index in [0.717, 1.165) is 12.0 Å². The van der Waals surface area contributed by atoms with Crippen LogP contribution in [0.5, 0.6) is 11.5 Å². The first kappa shape index (κ1) is 17.4. The molecule has 8 heteroatoms. The van der Waals surface area contributed by atoms with Gasteiger partial charge in [0, 0.05) is 17.0 Å². The average Bonchev–Trinajstić information content (AvgIpc) is 2.94. The lowest BCUT2D eigenvalue weighted by Crippen LogP contribution is -2.01. The highest BCUT2D eigenvalue weighted by atomic mass is 35.5. The molecule has 0 aliphatic heterocycles. The molecule has 6 nitrogen and oxygen atoms in total. The van der Waals surface area contributed by atoms with Gasteiger partial charge < -0.3 is 15.2 Å². The van der Waals surface area contributed by atoms with Crippen LogP contribution in [-0.2, 0) is 0 Å². The minimum Gasteiger partial charge on any atom is -0.490 e. The molecule has 23 heavy (non-hydrogen) atoms. The molecule has 1 heterocycles. The molecule has 0 bridgehead atoms. The van der Waals surface area contributed by atoms with E-state index >= 15 is 0 Å². The summed E-state index contributed by atoms with van der Waals surface area (Å²) in [7, 11) is 0. The van der Waals surface area contributed by atoms with Gasteiger partial charge in [0.15, 0.2) is 11.5 Å². The number of ether oxygens (including phenoxy) is 2. The molecule has 0 atom stereocenters. The second kappa shape index (κ2) is 8.59. The summed E-state index contributed by atoms with van der Waals surface area (Å²) in [5, 5.41) is 6.99. The fourth-order valence-electron chi connectivity index (χ4n) is 1.74. The van der Waals surface area contributed by atoms with Crippen LogP contribution in [0.15, 0.2) is 22.6 Å². The van der Waals surface area contributed by atoms with Crippen LogP contribution in [0.1, 0.15) is 25.8 Å². The monoisotopic (exact) mass is 354 g/mol. The Morgan fingerprint density at radius 2 is 2.13 bits per heavy atom. The van der Waals surface area contributed by atoms with Crippen molar-refractivity contribution < 1.29 is 9.47 Å². The number of nitrogens with two attached hydrogens (primary N) is 1. The van der Waals surface area contributed by atoms with Crippen LogP contribution in [0.3, 0.4) is 0 Å².